The van der Waals surface area contributed by atoms with Crippen LogP contribution >= 0.6 is 0 Å². The van der Waals surface area contributed by atoms with E-state index in [1.54, 1.807) is 30.3 Å². The first kappa shape index (κ1) is 22.7. The molecule has 0 radical (unpaired) electrons. The lowest BCUT2D eigenvalue weighted by atomic mass is 9.85. The summed E-state index contributed by atoms with van der Waals surface area (Å²) in [6.07, 6.45) is -0.312. The molecule has 0 saturated heterocycles. The van der Waals surface area contributed by atoms with Gasteiger partial charge in [0.2, 0.25) is 0 Å². The lowest BCUT2D eigenvalue weighted by Gasteiger charge is -2.23. The topological polar surface area (TPSA) is 66.8 Å². The van der Waals surface area contributed by atoms with Crippen molar-refractivity contribution in [1.82, 2.24) is 0 Å². The number of hydrogen-bond acceptors (Lipinski definition) is 4. The third kappa shape index (κ3) is 4.55. The highest BCUT2D eigenvalue weighted by Gasteiger charge is 2.50. The van der Waals surface area contributed by atoms with E-state index in [9.17, 15) is 14.7 Å². The number of aliphatic hydroxyl groups is 1. The molecule has 1 atom stereocenters. The fourth-order valence-electron chi connectivity index (χ4n) is 4.16. The smallest absolute Gasteiger partial charge is 0.264 e. The first-order valence-corrected chi connectivity index (χ1v) is 11.2. The summed E-state index contributed by atoms with van der Waals surface area (Å²) in [6.45, 7) is 6.86. The van der Waals surface area contributed by atoms with Crippen molar-refractivity contribution in [2.75, 3.05) is 18.1 Å². The van der Waals surface area contributed by atoms with Gasteiger partial charge in [-0.2, -0.15) is 0 Å². The number of amides is 1. The quantitative estimate of drug-likeness (QED) is 0.529. The van der Waals surface area contributed by atoms with Crippen LogP contribution in [0.4, 0.5) is 5.69 Å². The molecule has 0 aromatic heterocycles. The summed E-state index contributed by atoms with van der Waals surface area (Å²) >= 11 is 0. The Balaban J connectivity index is 1.52. The highest BCUT2D eigenvalue weighted by Crippen LogP contribution is 2.42. The number of para-hydroxylation sites is 2. The Morgan fingerprint density at radius 1 is 0.939 bits per heavy atom. The SMILES string of the molecule is CC(C)(C)c1ccc(C(=O)CC2(O)C(=O)N(CCOc3ccccc3)c3ccccc32)cc1. The van der Waals surface area contributed by atoms with Crippen LogP contribution in [0.2, 0.25) is 0 Å². The minimum Gasteiger partial charge on any atom is -0.492 e. The standard InChI is InChI=1S/C28H29NO4/c1-27(2,3)21-15-13-20(14-16-21)25(30)19-28(32)23-11-7-8-12-24(23)29(26(28)31)17-18-33-22-9-5-4-6-10-22/h4-16,32H,17-19H2,1-3H3. The van der Waals surface area contributed by atoms with Gasteiger partial charge < -0.3 is 14.7 Å². The summed E-state index contributed by atoms with van der Waals surface area (Å²) in [5.74, 6) is -0.0647. The maximum atomic E-state index is 13.3. The van der Waals surface area contributed by atoms with E-state index in [1.807, 2.05) is 48.5 Å². The molecule has 3 aromatic rings. The van der Waals surface area contributed by atoms with Gasteiger partial charge in [0, 0.05) is 11.1 Å². The molecule has 1 N–H and O–H groups in total. The van der Waals surface area contributed by atoms with E-state index < -0.39 is 11.5 Å². The van der Waals surface area contributed by atoms with Gasteiger partial charge in [-0.3, -0.25) is 9.59 Å². The second kappa shape index (κ2) is 8.83. The van der Waals surface area contributed by atoms with Crippen molar-refractivity contribution in [2.45, 2.75) is 38.2 Å². The average molecular weight is 444 g/mol. The number of carbonyl (C=O) groups excluding carboxylic acids is 2. The number of nitrogens with zero attached hydrogens (tertiary/aromatic N) is 1. The zero-order valence-electron chi connectivity index (χ0n) is 19.2. The minimum absolute atomic E-state index is 0.0253. The van der Waals surface area contributed by atoms with Crippen LogP contribution in [0.3, 0.4) is 0 Å². The lowest BCUT2D eigenvalue weighted by Crippen LogP contribution is -2.43. The van der Waals surface area contributed by atoms with Gasteiger partial charge in [0.25, 0.3) is 5.91 Å². The first-order valence-electron chi connectivity index (χ1n) is 11.2. The molecular formula is C28H29NO4. The van der Waals surface area contributed by atoms with Crippen molar-refractivity contribution in [3.8, 4) is 5.75 Å². The zero-order valence-corrected chi connectivity index (χ0v) is 19.2. The number of carbonyl (C=O) groups is 2. The number of anilines is 1. The summed E-state index contributed by atoms with van der Waals surface area (Å²) in [5, 5.41) is 11.5. The van der Waals surface area contributed by atoms with Crippen LogP contribution in [-0.2, 0) is 15.8 Å². The first-order chi connectivity index (χ1) is 15.7. The van der Waals surface area contributed by atoms with Gasteiger partial charge in [0.15, 0.2) is 11.4 Å². The molecule has 1 heterocycles. The summed E-state index contributed by atoms with van der Waals surface area (Å²) in [5.41, 5.74) is 0.732. The molecule has 0 aliphatic carbocycles. The van der Waals surface area contributed by atoms with Crippen molar-refractivity contribution in [3.63, 3.8) is 0 Å². The van der Waals surface area contributed by atoms with Gasteiger partial charge in [-0.05, 0) is 29.2 Å². The third-order valence-electron chi connectivity index (χ3n) is 6.06. The number of hydrogen-bond donors (Lipinski definition) is 1. The van der Waals surface area contributed by atoms with E-state index in [4.69, 9.17) is 4.74 Å². The van der Waals surface area contributed by atoms with Crippen LogP contribution in [0, 0.1) is 0 Å². The minimum atomic E-state index is -1.90. The molecule has 1 amide bonds. The molecule has 1 unspecified atom stereocenters. The predicted octanol–water partition coefficient (Wildman–Crippen LogP) is 4.87. The van der Waals surface area contributed by atoms with E-state index in [0.717, 1.165) is 5.56 Å². The lowest BCUT2D eigenvalue weighted by molar-refractivity contribution is -0.135. The Labute approximate surface area is 194 Å². The third-order valence-corrected chi connectivity index (χ3v) is 6.06. The monoisotopic (exact) mass is 443 g/mol. The Kier molecular flexibility index (Phi) is 6.09. The van der Waals surface area contributed by atoms with Crippen molar-refractivity contribution in [3.05, 3.63) is 95.6 Å². The molecule has 5 heteroatoms. The van der Waals surface area contributed by atoms with E-state index >= 15 is 0 Å². The fourth-order valence-corrected chi connectivity index (χ4v) is 4.16. The maximum Gasteiger partial charge on any atom is 0.264 e. The molecule has 1 aliphatic rings. The normalized spacial score (nSPS) is 17.7. The largest absolute Gasteiger partial charge is 0.492 e. The van der Waals surface area contributed by atoms with Gasteiger partial charge >= 0.3 is 0 Å². The average Bonchev–Trinajstić information content (AvgIpc) is 3.01. The summed E-state index contributed by atoms with van der Waals surface area (Å²) < 4.78 is 5.75. The van der Waals surface area contributed by atoms with Gasteiger partial charge in [-0.25, -0.2) is 0 Å². The van der Waals surface area contributed by atoms with Crippen LogP contribution in [0.25, 0.3) is 0 Å². The molecule has 0 bridgehead atoms. The number of ether oxygens (including phenoxy) is 1. The Morgan fingerprint density at radius 2 is 1.58 bits per heavy atom. The molecule has 5 nitrogen and oxygen atoms in total. The van der Waals surface area contributed by atoms with Crippen LogP contribution in [0.1, 0.15) is 48.7 Å². The Hall–Kier alpha value is -3.44. The molecule has 0 fully saturated rings. The molecule has 3 aromatic carbocycles. The van der Waals surface area contributed by atoms with Crippen LogP contribution in [-0.4, -0.2) is 29.9 Å². The van der Waals surface area contributed by atoms with Crippen LogP contribution in [0.5, 0.6) is 5.75 Å². The molecule has 170 valence electrons. The predicted molar refractivity (Wildman–Crippen MR) is 129 cm³/mol. The fraction of sp³-hybridized carbons (Fsp3) is 0.286. The van der Waals surface area contributed by atoms with Crippen molar-refractivity contribution in [1.29, 1.82) is 0 Å². The van der Waals surface area contributed by atoms with E-state index in [1.165, 1.54) is 4.90 Å². The number of ketones is 1. The molecule has 0 spiro atoms. The number of Topliss-reactive ketones (excluding diaryl/α,β-unsaturated/α-hetero) is 1. The highest BCUT2D eigenvalue weighted by molar-refractivity contribution is 6.10. The second-order valence-corrected chi connectivity index (χ2v) is 9.42. The van der Waals surface area contributed by atoms with Gasteiger partial charge in [-0.15, -0.1) is 0 Å². The van der Waals surface area contributed by atoms with Crippen LogP contribution in [0.15, 0.2) is 78.9 Å². The van der Waals surface area contributed by atoms with Gasteiger partial charge in [0.05, 0.1) is 18.7 Å². The van der Waals surface area contributed by atoms with Crippen molar-refractivity contribution in [2.24, 2.45) is 0 Å². The Bertz CT molecular complexity index is 1150. The molecule has 4 rings (SSSR count). The number of fused-ring (bicyclic) bond motifs is 1. The number of benzene rings is 3. The van der Waals surface area contributed by atoms with E-state index in [-0.39, 0.29) is 30.8 Å². The summed E-state index contributed by atoms with van der Waals surface area (Å²) in [6, 6.07) is 23.8. The summed E-state index contributed by atoms with van der Waals surface area (Å²) in [7, 11) is 0. The van der Waals surface area contributed by atoms with Crippen LogP contribution < -0.4 is 9.64 Å². The van der Waals surface area contributed by atoms with Crippen molar-refractivity contribution < 1.29 is 19.4 Å². The highest BCUT2D eigenvalue weighted by atomic mass is 16.5. The van der Waals surface area contributed by atoms with E-state index in [2.05, 4.69) is 20.8 Å². The molecule has 1 aliphatic heterocycles. The molecule has 33 heavy (non-hydrogen) atoms. The zero-order chi connectivity index (χ0) is 23.6. The maximum absolute atomic E-state index is 13.3. The Morgan fingerprint density at radius 3 is 2.24 bits per heavy atom. The number of rotatable bonds is 7. The van der Waals surface area contributed by atoms with Gasteiger partial charge in [0.1, 0.15) is 12.4 Å². The van der Waals surface area contributed by atoms with E-state index in [0.29, 0.717) is 22.6 Å². The molecular weight excluding hydrogens is 414 g/mol. The summed E-state index contributed by atoms with van der Waals surface area (Å²) in [4.78, 5) is 27.9. The van der Waals surface area contributed by atoms with Crippen molar-refractivity contribution >= 4 is 17.4 Å². The molecule has 0 saturated carbocycles. The second-order valence-electron chi connectivity index (χ2n) is 9.42. The van der Waals surface area contributed by atoms with Gasteiger partial charge in [-0.1, -0.05) is 81.4 Å².